The molecule has 5 heteroatoms. The fourth-order valence-corrected chi connectivity index (χ4v) is 2.36. The number of hydrogen-bond acceptors (Lipinski definition) is 3. The molecule has 0 unspecified atom stereocenters. The average molecular weight is 302 g/mol. The van der Waals surface area contributed by atoms with Gasteiger partial charge in [-0.05, 0) is 36.1 Å². The van der Waals surface area contributed by atoms with E-state index in [1.807, 2.05) is 24.3 Å². The van der Waals surface area contributed by atoms with Crippen molar-refractivity contribution in [3.63, 3.8) is 0 Å². The maximum atomic E-state index is 14.1. The second kappa shape index (κ2) is 7.96. The molecule has 0 aliphatic rings. The average Bonchev–Trinajstić information content (AvgIpc) is 2.48. The van der Waals surface area contributed by atoms with Crippen LogP contribution in [0.4, 0.5) is 4.39 Å². The summed E-state index contributed by atoms with van der Waals surface area (Å²) < 4.78 is 18.7. The Morgan fingerprint density at radius 3 is 2.36 bits per heavy atom. The van der Waals surface area contributed by atoms with Gasteiger partial charge < -0.3 is 14.7 Å². The third kappa shape index (κ3) is 4.58. The van der Waals surface area contributed by atoms with E-state index in [1.54, 1.807) is 6.07 Å². The highest BCUT2D eigenvalue weighted by Crippen LogP contribution is 2.27. The van der Waals surface area contributed by atoms with Crippen LogP contribution >= 0.6 is 0 Å². The lowest BCUT2D eigenvalue weighted by Crippen LogP contribution is -2.20. The predicted molar refractivity (Wildman–Crippen MR) is 85.9 cm³/mol. The molecule has 0 atom stereocenters. The Morgan fingerprint density at radius 2 is 1.77 bits per heavy atom. The summed E-state index contributed by atoms with van der Waals surface area (Å²) >= 11 is 0. The molecule has 3 nitrogen and oxygen atoms in total. The topological polar surface area (TPSA) is 49.7 Å². The summed E-state index contributed by atoms with van der Waals surface area (Å²) in [5.74, 6) is -0.385. The third-order valence-corrected chi connectivity index (χ3v) is 3.52. The zero-order valence-corrected chi connectivity index (χ0v) is 12.6. The van der Waals surface area contributed by atoms with Crippen LogP contribution in [0.15, 0.2) is 42.5 Å². The van der Waals surface area contributed by atoms with Crippen molar-refractivity contribution in [2.24, 2.45) is 0 Å². The van der Waals surface area contributed by atoms with Gasteiger partial charge in [0.15, 0.2) is 0 Å². The fraction of sp³-hybridized carbons (Fsp3) is 0.294. The summed E-state index contributed by atoms with van der Waals surface area (Å²) in [6.45, 7) is 2.18. The van der Waals surface area contributed by atoms with E-state index in [0.29, 0.717) is 5.56 Å². The van der Waals surface area contributed by atoms with Crippen LogP contribution < -0.4 is 4.65 Å². The van der Waals surface area contributed by atoms with Crippen molar-refractivity contribution in [2.75, 3.05) is 0 Å². The molecule has 0 bridgehead atoms. The number of benzene rings is 2. The van der Waals surface area contributed by atoms with Crippen LogP contribution in [0.1, 0.15) is 31.7 Å². The van der Waals surface area contributed by atoms with Gasteiger partial charge in [-0.1, -0.05) is 44.0 Å². The van der Waals surface area contributed by atoms with Gasteiger partial charge in [-0.3, -0.25) is 0 Å². The van der Waals surface area contributed by atoms with Gasteiger partial charge in [-0.15, -0.1) is 0 Å². The van der Waals surface area contributed by atoms with Crippen LogP contribution in [0.3, 0.4) is 0 Å². The van der Waals surface area contributed by atoms with Crippen molar-refractivity contribution in [1.29, 1.82) is 0 Å². The lowest BCUT2D eigenvalue weighted by atomic mass is 10.0. The Bertz CT molecular complexity index is 599. The Labute approximate surface area is 130 Å². The molecule has 0 aliphatic carbocycles. The first kappa shape index (κ1) is 16.5. The van der Waals surface area contributed by atoms with Crippen LogP contribution in [0.5, 0.6) is 5.75 Å². The zero-order chi connectivity index (χ0) is 15.9. The van der Waals surface area contributed by atoms with Crippen molar-refractivity contribution in [3.8, 4) is 16.9 Å². The molecule has 22 heavy (non-hydrogen) atoms. The second-order valence-electron chi connectivity index (χ2n) is 5.24. The maximum absolute atomic E-state index is 14.1. The van der Waals surface area contributed by atoms with Crippen molar-refractivity contribution in [3.05, 3.63) is 53.8 Å². The van der Waals surface area contributed by atoms with Crippen molar-refractivity contribution in [2.45, 2.75) is 32.6 Å². The molecule has 0 heterocycles. The van der Waals surface area contributed by atoms with Crippen molar-refractivity contribution < 1.29 is 19.1 Å². The first-order chi connectivity index (χ1) is 10.6. The number of aryl methyl sites for hydroxylation is 1. The molecule has 0 saturated carbocycles. The first-order valence-corrected chi connectivity index (χ1v) is 7.52. The second-order valence-corrected chi connectivity index (χ2v) is 5.24. The highest BCUT2D eigenvalue weighted by atomic mass is 19.1. The summed E-state index contributed by atoms with van der Waals surface area (Å²) in [5, 5.41) is 17.4. The van der Waals surface area contributed by atoms with Crippen LogP contribution in [0.2, 0.25) is 0 Å². The van der Waals surface area contributed by atoms with Gasteiger partial charge in [0.1, 0.15) is 11.6 Å². The monoisotopic (exact) mass is 302 g/mol. The molecule has 2 aromatic rings. The highest BCUT2D eigenvalue weighted by Gasteiger charge is 2.13. The molecule has 0 aliphatic heterocycles. The smallest absolute Gasteiger partial charge is 0.512 e. The molecule has 116 valence electrons. The van der Waals surface area contributed by atoms with E-state index in [9.17, 15) is 4.39 Å². The lowest BCUT2D eigenvalue weighted by molar-refractivity contribution is 0.287. The Morgan fingerprint density at radius 1 is 1.05 bits per heavy atom. The molecule has 0 spiro atoms. The third-order valence-electron chi connectivity index (χ3n) is 3.52. The summed E-state index contributed by atoms with van der Waals surface area (Å²) in [4.78, 5) is 0. The summed E-state index contributed by atoms with van der Waals surface area (Å²) in [6.07, 6.45) is 4.62. The largest absolute Gasteiger partial charge is 0.707 e. The maximum Gasteiger partial charge on any atom is 0.707 e. The molecular formula is C17H20BFO3. The Kier molecular flexibility index (Phi) is 5.98. The van der Waals surface area contributed by atoms with Gasteiger partial charge in [-0.2, -0.15) is 0 Å². The molecule has 0 amide bonds. The van der Waals surface area contributed by atoms with Gasteiger partial charge in [0.25, 0.3) is 0 Å². The molecule has 0 saturated heterocycles. The summed E-state index contributed by atoms with van der Waals surface area (Å²) in [5.41, 5.74) is 2.49. The summed E-state index contributed by atoms with van der Waals surface area (Å²) in [7, 11) is -1.95. The van der Waals surface area contributed by atoms with E-state index >= 15 is 0 Å². The van der Waals surface area contributed by atoms with E-state index in [1.165, 1.54) is 30.9 Å². The minimum absolute atomic E-state index is 0.0763. The van der Waals surface area contributed by atoms with Crippen LogP contribution in [0.25, 0.3) is 11.1 Å². The predicted octanol–water partition coefficient (Wildman–Crippen LogP) is 3.57. The van der Waals surface area contributed by atoms with E-state index in [-0.39, 0.29) is 5.75 Å². The van der Waals surface area contributed by atoms with E-state index < -0.39 is 13.1 Å². The normalized spacial score (nSPS) is 10.5. The van der Waals surface area contributed by atoms with Crippen LogP contribution in [-0.2, 0) is 6.42 Å². The number of rotatable bonds is 7. The molecule has 0 radical (unpaired) electrons. The Hall–Kier alpha value is -1.85. The van der Waals surface area contributed by atoms with E-state index in [4.69, 9.17) is 10.0 Å². The minimum atomic E-state index is -1.95. The minimum Gasteiger partial charge on any atom is -0.512 e. The SMILES string of the molecule is CCCCCc1ccc(-c2ccc(OB(O)O)cc2F)cc1. The summed E-state index contributed by atoms with van der Waals surface area (Å²) in [6, 6.07) is 12.1. The van der Waals surface area contributed by atoms with Gasteiger partial charge in [0.05, 0.1) is 0 Å². The van der Waals surface area contributed by atoms with Gasteiger partial charge in [0.2, 0.25) is 0 Å². The number of halogens is 1. The molecule has 0 fully saturated rings. The van der Waals surface area contributed by atoms with Gasteiger partial charge >= 0.3 is 7.32 Å². The van der Waals surface area contributed by atoms with Crippen molar-refractivity contribution in [1.82, 2.24) is 0 Å². The van der Waals surface area contributed by atoms with Crippen LogP contribution in [-0.4, -0.2) is 17.4 Å². The van der Waals surface area contributed by atoms with Crippen LogP contribution in [0, 0.1) is 5.82 Å². The van der Waals surface area contributed by atoms with Crippen molar-refractivity contribution >= 4 is 7.32 Å². The molecule has 0 aromatic heterocycles. The Balaban J connectivity index is 2.11. The van der Waals surface area contributed by atoms with Gasteiger partial charge in [-0.25, -0.2) is 4.39 Å². The van der Waals surface area contributed by atoms with E-state index in [0.717, 1.165) is 18.1 Å². The number of hydrogen-bond donors (Lipinski definition) is 2. The lowest BCUT2D eigenvalue weighted by Gasteiger charge is -2.09. The van der Waals surface area contributed by atoms with E-state index in [2.05, 4.69) is 11.6 Å². The van der Waals surface area contributed by atoms with Gasteiger partial charge in [0, 0.05) is 11.6 Å². The quantitative estimate of drug-likeness (QED) is 0.607. The highest BCUT2D eigenvalue weighted by molar-refractivity contribution is 6.33. The fourth-order valence-electron chi connectivity index (χ4n) is 2.36. The molecule has 2 aromatic carbocycles. The molecule has 2 rings (SSSR count). The molecule has 2 N–H and O–H groups in total. The standard InChI is InChI=1S/C17H20BFO3/c1-2-3-4-5-13-6-8-14(9-7-13)16-11-10-15(12-17(16)19)22-18(20)21/h6-12,20-21H,2-5H2,1H3. The molecular weight excluding hydrogens is 282 g/mol. The zero-order valence-electron chi connectivity index (χ0n) is 12.6. The first-order valence-electron chi connectivity index (χ1n) is 7.52. The number of unbranched alkanes of at least 4 members (excludes halogenated alkanes) is 2.